The van der Waals surface area contributed by atoms with Crippen LogP contribution < -0.4 is 5.32 Å². The van der Waals surface area contributed by atoms with Crippen molar-refractivity contribution in [2.24, 2.45) is 0 Å². The molecule has 0 spiro atoms. The number of benzene rings is 2. The molecule has 2 aromatic rings. The average Bonchev–Trinajstić information content (AvgIpc) is 2.74. The van der Waals surface area contributed by atoms with Gasteiger partial charge in [-0.05, 0) is 43.7 Å². The van der Waals surface area contributed by atoms with Gasteiger partial charge in [-0.25, -0.2) is 0 Å². The van der Waals surface area contributed by atoms with Crippen LogP contribution in [0.2, 0.25) is 0 Å². The highest BCUT2D eigenvalue weighted by molar-refractivity contribution is 5.94. The third-order valence-electron chi connectivity index (χ3n) is 4.90. The van der Waals surface area contributed by atoms with E-state index in [-0.39, 0.29) is 11.8 Å². The molecule has 0 atom stereocenters. The molecule has 27 heavy (non-hydrogen) atoms. The molecule has 3 rings (SSSR count). The number of carbonyl (C=O) groups is 2. The van der Waals surface area contributed by atoms with E-state index in [1.54, 1.807) is 0 Å². The van der Waals surface area contributed by atoms with Gasteiger partial charge in [-0.1, -0.05) is 36.4 Å². The lowest BCUT2D eigenvalue weighted by atomic mass is 10.1. The molecule has 1 aliphatic rings. The molecule has 2 aromatic carbocycles. The molecule has 1 aliphatic heterocycles. The zero-order chi connectivity index (χ0) is 18.9. The summed E-state index contributed by atoms with van der Waals surface area (Å²) in [5.41, 5.74) is 1.47. The molecule has 0 aliphatic carbocycles. The fourth-order valence-corrected chi connectivity index (χ4v) is 3.29. The fraction of sp³-hybridized carbons (Fsp3) is 0.364. The number of rotatable bonds is 7. The van der Waals surface area contributed by atoms with Crippen LogP contribution in [0, 0.1) is 0 Å². The maximum absolute atomic E-state index is 12.5. The van der Waals surface area contributed by atoms with Crippen molar-refractivity contribution < 1.29 is 9.59 Å². The highest BCUT2D eigenvalue weighted by Crippen LogP contribution is 2.09. The average molecular weight is 365 g/mol. The number of amides is 2. The van der Waals surface area contributed by atoms with Crippen molar-refractivity contribution in [3.63, 3.8) is 0 Å². The lowest BCUT2D eigenvalue weighted by molar-refractivity contribution is 0.0635. The summed E-state index contributed by atoms with van der Waals surface area (Å²) in [5.74, 6) is 0.113. The number of carbonyl (C=O) groups excluding carboxylic acids is 2. The fourth-order valence-electron chi connectivity index (χ4n) is 3.29. The van der Waals surface area contributed by atoms with Gasteiger partial charge in [-0.3, -0.25) is 14.5 Å². The lowest BCUT2D eigenvalue weighted by Crippen LogP contribution is -2.48. The summed E-state index contributed by atoms with van der Waals surface area (Å²) in [5, 5.41) is 2.97. The van der Waals surface area contributed by atoms with Gasteiger partial charge in [0.05, 0.1) is 0 Å². The highest BCUT2D eigenvalue weighted by atomic mass is 16.2. The second-order valence-corrected chi connectivity index (χ2v) is 6.83. The van der Waals surface area contributed by atoms with E-state index in [1.807, 2.05) is 65.6 Å². The van der Waals surface area contributed by atoms with Crippen LogP contribution in [-0.2, 0) is 0 Å². The van der Waals surface area contributed by atoms with Gasteiger partial charge in [0.25, 0.3) is 11.8 Å². The number of hydrogen-bond donors (Lipinski definition) is 1. The van der Waals surface area contributed by atoms with Crippen molar-refractivity contribution in [3.05, 3.63) is 71.8 Å². The smallest absolute Gasteiger partial charge is 0.253 e. The molecule has 0 radical (unpaired) electrons. The number of nitrogens with one attached hydrogen (secondary N) is 1. The van der Waals surface area contributed by atoms with Gasteiger partial charge in [-0.15, -0.1) is 0 Å². The summed E-state index contributed by atoms with van der Waals surface area (Å²) in [6, 6.07) is 18.8. The zero-order valence-electron chi connectivity index (χ0n) is 15.6. The highest BCUT2D eigenvalue weighted by Gasteiger charge is 2.21. The van der Waals surface area contributed by atoms with E-state index in [1.165, 1.54) is 0 Å². The van der Waals surface area contributed by atoms with Gasteiger partial charge >= 0.3 is 0 Å². The van der Waals surface area contributed by atoms with Crippen molar-refractivity contribution in [1.82, 2.24) is 15.1 Å². The first-order valence-electron chi connectivity index (χ1n) is 9.64. The molecule has 1 fully saturated rings. The Morgan fingerprint density at radius 3 is 2.00 bits per heavy atom. The van der Waals surface area contributed by atoms with Crippen LogP contribution in [0.15, 0.2) is 60.7 Å². The Balaban J connectivity index is 1.30. The van der Waals surface area contributed by atoms with E-state index >= 15 is 0 Å². The van der Waals surface area contributed by atoms with E-state index in [4.69, 9.17) is 0 Å². The monoisotopic (exact) mass is 365 g/mol. The topological polar surface area (TPSA) is 52.7 Å². The molecule has 5 nitrogen and oxygen atoms in total. The molecule has 5 heteroatoms. The second-order valence-electron chi connectivity index (χ2n) is 6.83. The van der Waals surface area contributed by atoms with Crippen molar-refractivity contribution >= 4 is 11.8 Å². The third-order valence-corrected chi connectivity index (χ3v) is 4.90. The van der Waals surface area contributed by atoms with Crippen LogP contribution in [0.3, 0.4) is 0 Å². The number of hydrogen-bond acceptors (Lipinski definition) is 3. The minimum Gasteiger partial charge on any atom is -0.352 e. The largest absolute Gasteiger partial charge is 0.352 e. The van der Waals surface area contributed by atoms with Crippen LogP contribution in [-0.4, -0.2) is 60.9 Å². The van der Waals surface area contributed by atoms with Crippen LogP contribution in [0.25, 0.3) is 0 Å². The first-order valence-corrected chi connectivity index (χ1v) is 9.64. The number of piperazine rings is 1. The molecular formula is C22H27N3O2. The van der Waals surface area contributed by atoms with E-state index in [0.29, 0.717) is 12.1 Å². The van der Waals surface area contributed by atoms with Crippen LogP contribution >= 0.6 is 0 Å². The van der Waals surface area contributed by atoms with Crippen LogP contribution in [0.5, 0.6) is 0 Å². The third kappa shape index (κ3) is 5.66. The summed E-state index contributed by atoms with van der Waals surface area (Å²) in [6.07, 6.45) is 2.00. The minimum atomic E-state index is -0.0105. The van der Waals surface area contributed by atoms with E-state index in [9.17, 15) is 9.59 Å². The predicted molar refractivity (Wildman–Crippen MR) is 107 cm³/mol. The van der Waals surface area contributed by atoms with Gasteiger partial charge in [0, 0.05) is 43.9 Å². The quantitative estimate of drug-likeness (QED) is 0.768. The summed E-state index contributed by atoms with van der Waals surface area (Å²) < 4.78 is 0. The Bertz CT molecular complexity index is 726. The van der Waals surface area contributed by atoms with Gasteiger partial charge in [0.1, 0.15) is 0 Å². The SMILES string of the molecule is O=C(NCCCCN1CCN(C(=O)c2ccccc2)CC1)c1ccccc1. The normalized spacial score (nSPS) is 14.7. The molecular weight excluding hydrogens is 338 g/mol. The Kier molecular flexibility index (Phi) is 6.99. The molecule has 0 saturated carbocycles. The molecule has 2 amide bonds. The second kappa shape index (κ2) is 9.88. The van der Waals surface area contributed by atoms with Crippen molar-refractivity contribution in [1.29, 1.82) is 0 Å². The lowest BCUT2D eigenvalue weighted by Gasteiger charge is -2.34. The predicted octanol–water partition coefficient (Wildman–Crippen LogP) is 2.65. The molecule has 1 heterocycles. The summed E-state index contributed by atoms with van der Waals surface area (Å²) in [7, 11) is 0. The van der Waals surface area contributed by atoms with Crippen LogP contribution in [0.4, 0.5) is 0 Å². The maximum atomic E-state index is 12.5. The molecule has 142 valence electrons. The van der Waals surface area contributed by atoms with E-state index in [0.717, 1.165) is 51.1 Å². The summed E-state index contributed by atoms with van der Waals surface area (Å²) in [6.45, 7) is 5.08. The van der Waals surface area contributed by atoms with Crippen molar-refractivity contribution in [3.8, 4) is 0 Å². The molecule has 0 bridgehead atoms. The van der Waals surface area contributed by atoms with Crippen molar-refractivity contribution in [2.45, 2.75) is 12.8 Å². The van der Waals surface area contributed by atoms with Crippen LogP contribution in [0.1, 0.15) is 33.6 Å². The first kappa shape index (κ1) is 19.1. The maximum Gasteiger partial charge on any atom is 0.253 e. The summed E-state index contributed by atoms with van der Waals surface area (Å²) >= 11 is 0. The Labute approximate surface area is 161 Å². The van der Waals surface area contributed by atoms with E-state index < -0.39 is 0 Å². The first-order chi connectivity index (χ1) is 13.2. The Morgan fingerprint density at radius 2 is 1.37 bits per heavy atom. The minimum absolute atomic E-state index is 0.0105. The Hall–Kier alpha value is -2.66. The zero-order valence-corrected chi connectivity index (χ0v) is 15.6. The molecule has 0 aromatic heterocycles. The van der Waals surface area contributed by atoms with Gasteiger partial charge in [-0.2, -0.15) is 0 Å². The van der Waals surface area contributed by atoms with Gasteiger partial charge < -0.3 is 10.2 Å². The van der Waals surface area contributed by atoms with Crippen molar-refractivity contribution in [2.75, 3.05) is 39.3 Å². The molecule has 1 N–H and O–H groups in total. The van der Waals surface area contributed by atoms with E-state index in [2.05, 4.69) is 10.2 Å². The summed E-state index contributed by atoms with van der Waals surface area (Å²) in [4.78, 5) is 28.8. The number of unbranched alkanes of at least 4 members (excludes halogenated alkanes) is 1. The molecule has 0 unspecified atom stereocenters. The number of nitrogens with zero attached hydrogens (tertiary/aromatic N) is 2. The van der Waals surface area contributed by atoms with Gasteiger partial charge in [0.2, 0.25) is 0 Å². The molecule has 1 saturated heterocycles. The van der Waals surface area contributed by atoms with Gasteiger partial charge in [0.15, 0.2) is 0 Å². The Morgan fingerprint density at radius 1 is 0.778 bits per heavy atom. The standard InChI is InChI=1S/C22H27N3O2/c26-21(19-9-3-1-4-10-19)23-13-7-8-14-24-15-17-25(18-16-24)22(27)20-11-5-2-6-12-20/h1-6,9-12H,7-8,13-18H2,(H,23,26).